The van der Waals surface area contributed by atoms with Gasteiger partial charge >= 0.3 is 0 Å². The van der Waals surface area contributed by atoms with E-state index in [1.165, 1.54) is 0 Å². The number of thioether (sulfide) groups is 1. The molecule has 1 aromatic carbocycles. The van der Waals surface area contributed by atoms with E-state index >= 15 is 0 Å². The Hall–Kier alpha value is -2.61. The first-order valence-electron chi connectivity index (χ1n) is 8.94. The number of carbonyl (C=O) groups is 1. The van der Waals surface area contributed by atoms with Gasteiger partial charge in [0.15, 0.2) is 11.5 Å². The van der Waals surface area contributed by atoms with E-state index in [1.807, 2.05) is 17.9 Å². The van der Waals surface area contributed by atoms with Gasteiger partial charge in [-0.05, 0) is 19.1 Å². The molecule has 8 heteroatoms. The average molecular weight is 404 g/mol. The number of nitrogens with zero attached hydrogens (tertiary/aromatic N) is 2. The summed E-state index contributed by atoms with van der Waals surface area (Å²) in [5, 5.41) is -0.186. The van der Waals surface area contributed by atoms with Crippen molar-refractivity contribution >= 4 is 17.7 Å². The van der Waals surface area contributed by atoms with Crippen LogP contribution in [0.1, 0.15) is 28.2 Å². The summed E-state index contributed by atoms with van der Waals surface area (Å²) in [5.74, 6) is 3.09. The van der Waals surface area contributed by atoms with Gasteiger partial charge in [0.25, 0.3) is 5.91 Å². The molecule has 1 aliphatic rings. The molecule has 0 bridgehead atoms. The first-order valence-corrected chi connectivity index (χ1v) is 9.99. The molecule has 0 aliphatic carbocycles. The van der Waals surface area contributed by atoms with Crippen molar-refractivity contribution in [2.75, 3.05) is 40.2 Å². The maximum absolute atomic E-state index is 13.1. The number of pyridine rings is 1. The smallest absolute Gasteiger partial charge is 0.256 e. The third-order valence-corrected chi connectivity index (χ3v) is 5.67. The second kappa shape index (κ2) is 9.05. The van der Waals surface area contributed by atoms with Gasteiger partial charge in [0.1, 0.15) is 11.1 Å². The molecule has 28 heavy (non-hydrogen) atoms. The molecule has 0 spiro atoms. The Balaban J connectivity index is 1.91. The Bertz CT molecular complexity index is 828. The number of aromatic nitrogens is 1. The molecule has 1 saturated heterocycles. The Morgan fingerprint density at radius 3 is 2.46 bits per heavy atom. The minimum atomic E-state index is -0.186. The zero-order chi connectivity index (χ0) is 20.1. The van der Waals surface area contributed by atoms with Gasteiger partial charge in [-0.15, -0.1) is 11.8 Å². The minimum Gasteiger partial charge on any atom is -0.496 e. The van der Waals surface area contributed by atoms with E-state index in [0.717, 1.165) is 11.3 Å². The number of carbonyl (C=O) groups excluding carboxylic acids is 1. The summed E-state index contributed by atoms with van der Waals surface area (Å²) in [7, 11) is 4.77. The van der Waals surface area contributed by atoms with Crippen LogP contribution >= 0.6 is 11.8 Å². The van der Waals surface area contributed by atoms with Crippen LogP contribution in [-0.4, -0.2) is 56.0 Å². The van der Waals surface area contributed by atoms with Crippen molar-refractivity contribution in [2.24, 2.45) is 0 Å². The van der Waals surface area contributed by atoms with Crippen LogP contribution in [-0.2, 0) is 0 Å². The van der Waals surface area contributed by atoms with Crippen molar-refractivity contribution in [1.82, 2.24) is 9.88 Å². The molecule has 0 radical (unpaired) electrons. The highest BCUT2D eigenvalue weighted by atomic mass is 32.2. The monoisotopic (exact) mass is 404 g/mol. The van der Waals surface area contributed by atoms with Crippen molar-refractivity contribution in [2.45, 2.75) is 12.3 Å². The third kappa shape index (κ3) is 3.96. The topological polar surface area (TPSA) is 70.1 Å². The summed E-state index contributed by atoms with van der Waals surface area (Å²) in [6.45, 7) is 3.06. The van der Waals surface area contributed by atoms with Crippen LogP contribution in [0, 0.1) is 0 Å². The van der Waals surface area contributed by atoms with Crippen molar-refractivity contribution in [3.05, 3.63) is 41.6 Å². The summed E-state index contributed by atoms with van der Waals surface area (Å²) in [6.07, 6.45) is 1.55. The van der Waals surface area contributed by atoms with Gasteiger partial charge in [-0.1, -0.05) is 0 Å². The lowest BCUT2D eigenvalue weighted by Crippen LogP contribution is -2.30. The van der Waals surface area contributed by atoms with Crippen LogP contribution in [0.3, 0.4) is 0 Å². The molecule has 1 aliphatic heterocycles. The van der Waals surface area contributed by atoms with Crippen molar-refractivity contribution in [1.29, 1.82) is 0 Å². The van der Waals surface area contributed by atoms with Crippen LogP contribution < -0.4 is 18.9 Å². The van der Waals surface area contributed by atoms with Gasteiger partial charge in [-0.2, -0.15) is 0 Å². The van der Waals surface area contributed by atoms with Gasteiger partial charge in [-0.25, -0.2) is 4.98 Å². The Morgan fingerprint density at radius 2 is 1.86 bits per heavy atom. The van der Waals surface area contributed by atoms with E-state index in [9.17, 15) is 4.79 Å². The second-order valence-corrected chi connectivity index (χ2v) is 7.18. The van der Waals surface area contributed by atoms with Gasteiger partial charge in [0.2, 0.25) is 5.88 Å². The highest BCUT2D eigenvalue weighted by molar-refractivity contribution is 7.99. The van der Waals surface area contributed by atoms with Crippen LogP contribution in [0.5, 0.6) is 23.1 Å². The Kier molecular flexibility index (Phi) is 6.51. The molecule has 7 nitrogen and oxygen atoms in total. The molecule has 0 N–H and O–H groups in total. The fourth-order valence-corrected chi connectivity index (χ4v) is 4.36. The summed E-state index contributed by atoms with van der Waals surface area (Å²) in [6, 6.07) is 7.11. The van der Waals surface area contributed by atoms with Crippen molar-refractivity contribution < 1.29 is 23.7 Å². The van der Waals surface area contributed by atoms with Gasteiger partial charge in [0, 0.05) is 36.2 Å². The lowest BCUT2D eigenvalue weighted by atomic mass is 10.1. The zero-order valence-corrected chi connectivity index (χ0v) is 17.2. The van der Waals surface area contributed by atoms with E-state index in [1.54, 1.807) is 57.5 Å². The molecule has 0 saturated carbocycles. The first-order chi connectivity index (χ1) is 13.6. The molecule has 1 amide bonds. The lowest BCUT2D eigenvalue weighted by molar-refractivity contribution is 0.0758. The maximum Gasteiger partial charge on any atom is 0.256 e. The molecule has 2 aromatic rings. The minimum absolute atomic E-state index is 0.0811. The van der Waals surface area contributed by atoms with Gasteiger partial charge in [0.05, 0.1) is 33.5 Å². The highest BCUT2D eigenvalue weighted by Gasteiger charge is 2.34. The summed E-state index contributed by atoms with van der Waals surface area (Å²) in [5.41, 5.74) is 1.39. The maximum atomic E-state index is 13.1. The largest absolute Gasteiger partial charge is 0.496 e. The molecular weight excluding hydrogens is 380 g/mol. The van der Waals surface area contributed by atoms with Crippen molar-refractivity contribution in [3.8, 4) is 23.1 Å². The molecule has 2 heterocycles. The van der Waals surface area contributed by atoms with E-state index in [2.05, 4.69) is 4.98 Å². The average Bonchev–Trinajstić information content (AvgIpc) is 3.22. The van der Waals surface area contributed by atoms with Crippen molar-refractivity contribution in [3.63, 3.8) is 0 Å². The number of hydrogen-bond donors (Lipinski definition) is 0. The number of benzene rings is 1. The lowest BCUT2D eigenvalue weighted by Gasteiger charge is -2.26. The third-order valence-electron chi connectivity index (χ3n) is 4.43. The predicted octanol–water partition coefficient (Wildman–Crippen LogP) is 3.39. The van der Waals surface area contributed by atoms with Crippen LogP contribution in [0.25, 0.3) is 0 Å². The second-order valence-electron chi connectivity index (χ2n) is 5.99. The highest BCUT2D eigenvalue weighted by Crippen LogP contribution is 2.46. The Labute approximate surface area is 168 Å². The van der Waals surface area contributed by atoms with Gasteiger partial charge in [-0.3, -0.25) is 4.79 Å². The van der Waals surface area contributed by atoms with E-state index in [0.29, 0.717) is 41.8 Å². The SMILES string of the molecule is CCOc1ccc(C(=O)N2CCSC2c2cc(OC)c(OC)cc2OC)cn1. The summed E-state index contributed by atoms with van der Waals surface area (Å²) in [4.78, 5) is 19.1. The number of methoxy groups -OCH3 is 3. The number of rotatable bonds is 7. The zero-order valence-electron chi connectivity index (χ0n) is 16.4. The molecule has 150 valence electrons. The van der Waals surface area contributed by atoms with Crippen LogP contribution in [0.4, 0.5) is 0 Å². The molecule has 1 aromatic heterocycles. The fraction of sp³-hybridized carbons (Fsp3) is 0.400. The van der Waals surface area contributed by atoms with E-state index in [4.69, 9.17) is 18.9 Å². The molecule has 3 rings (SSSR count). The number of hydrogen-bond acceptors (Lipinski definition) is 7. The first kappa shape index (κ1) is 20.1. The molecule has 1 unspecified atom stereocenters. The Morgan fingerprint density at radius 1 is 1.14 bits per heavy atom. The quantitative estimate of drug-likeness (QED) is 0.700. The summed E-state index contributed by atoms with van der Waals surface area (Å²) >= 11 is 1.68. The fourth-order valence-electron chi connectivity index (χ4n) is 3.09. The normalized spacial score (nSPS) is 16.0. The molecule has 1 atom stereocenters. The van der Waals surface area contributed by atoms with Gasteiger partial charge < -0.3 is 23.8 Å². The van der Waals surface area contributed by atoms with E-state index in [-0.39, 0.29) is 11.3 Å². The standard InChI is InChI=1S/C20H24N2O5S/c1-5-27-18-7-6-13(12-21-18)19(23)22-8-9-28-20(22)14-10-16(25-3)17(26-4)11-15(14)24-2/h6-7,10-12,20H,5,8-9H2,1-4H3. The van der Waals surface area contributed by atoms with Crippen LogP contribution in [0.15, 0.2) is 30.5 Å². The predicted molar refractivity (Wildman–Crippen MR) is 108 cm³/mol. The van der Waals surface area contributed by atoms with E-state index < -0.39 is 0 Å². The molecular formula is C20H24N2O5S. The number of ether oxygens (including phenoxy) is 4. The number of amides is 1. The summed E-state index contributed by atoms with van der Waals surface area (Å²) < 4.78 is 21.7. The van der Waals surface area contributed by atoms with Crippen LogP contribution in [0.2, 0.25) is 0 Å². The molecule has 1 fully saturated rings.